The monoisotopic (exact) mass is 274 g/mol. The van der Waals surface area contributed by atoms with Crippen molar-refractivity contribution < 1.29 is 5.11 Å². The molecule has 0 saturated carbocycles. The van der Waals surface area contributed by atoms with Crippen LogP contribution in [0.5, 0.6) is 0 Å². The molecule has 1 nitrogen and oxygen atoms in total. The van der Waals surface area contributed by atoms with Crippen LogP contribution in [0.1, 0.15) is 16.5 Å². The van der Waals surface area contributed by atoms with Crippen molar-refractivity contribution in [1.29, 1.82) is 0 Å². The Labute approximate surface area is 114 Å². The predicted molar refractivity (Wildman–Crippen MR) is 77.3 cm³/mol. The summed E-state index contributed by atoms with van der Waals surface area (Å²) in [6, 6.07) is 15.4. The van der Waals surface area contributed by atoms with Crippen LogP contribution in [-0.2, 0) is 0 Å². The third-order valence-electron chi connectivity index (χ3n) is 2.97. The van der Waals surface area contributed by atoms with E-state index in [1.165, 1.54) is 5.39 Å². The zero-order valence-corrected chi connectivity index (χ0v) is 11.1. The van der Waals surface area contributed by atoms with Gasteiger partial charge < -0.3 is 5.11 Å². The molecule has 1 unspecified atom stereocenters. The van der Waals surface area contributed by atoms with Gasteiger partial charge in [0.25, 0.3) is 0 Å². The highest BCUT2D eigenvalue weighted by Gasteiger charge is 2.15. The van der Waals surface area contributed by atoms with Crippen LogP contribution in [0.3, 0.4) is 0 Å². The lowest BCUT2D eigenvalue weighted by Gasteiger charge is -2.10. The van der Waals surface area contributed by atoms with Crippen LogP contribution in [0, 0.1) is 0 Å². The Balaban J connectivity index is 2.06. The van der Waals surface area contributed by atoms with Gasteiger partial charge in [0.1, 0.15) is 6.10 Å². The minimum absolute atomic E-state index is 0.591. The Morgan fingerprint density at radius 1 is 1.00 bits per heavy atom. The Hall–Kier alpha value is -1.35. The molecule has 0 radical (unpaired) electrons. The van der Waals surface area contributed by atoms with Crippen LogP contribution in [-0.4, -0.2) is 5.11 Å². The third-order valence-corrected chi connectivity index (χ3v) is 4.29. The summed E-state index contributed by atoms with van der Waals surface area (Å²) in [6.45, 7) is 0. The van der Waals surface area contributed by atoms with Crippen molar-refractivity contribution in [3.63, 3.8) is 0 Å². The number of aliphatic hydroxyl groups is 1. The molecule has 0 spiro atoms. The van der Waals surface area contributed by atoms with E-state index < -0.39 is 6.10 Å². The van der Waals surface area contributed by atoms with E-state index in [1.807, 2.05) is 30.3 Å². The fourth-order valence-electron chi connectivity index (χ4n) is 2.02. The van der Waals surface area contributed by atoms with E-state index in [1.54, 1.807) is 23.5 Å². The van der Waals surface area contributed by atoms with Gasteiger partial charge in [-0.2, -0.15) is 0 Å². The first-order valence-electron chi connectivity index (χ1n) is 5.65. The van der Waals surface area contributed by atoms with Crippen LogP contribution in [0.25, 0.3) is 10.8 Å². The van der Waals surface area contributed by atoms with Gasteiger partial charge in [-0.15, -0.1) is 11.3 Å². The van der Waals surface area contributed by atoms with Gasteiger partial charge in [0.05, 0.1) is 0 Å². The van der Waals surface area contributed by atoms with E-state index in [0.29, 0.717) is 5.02 Å². The van der Waals surface area contributed by atoms with Crippen molar-refractivity contribution in [2.45, 2.75) is 6.10 Å². The molecule has 90 valence electrons. The quantitative estimate of drug-likeness (QED) is 0.722. The van der Waals surface area contributed by atoms with Crippen LogP contribution in [0.2, 0.25) is 5.02 Å². The lowest BCUT2D eigenvalue weighted by Crippen LogP contribution is -1.96. The summed E-state index contributed by atoms with van der Waals surface area (Å²) in [7, 11) is 0. The summed E-state index contributed by atoms with van der Waals surface area (Å²) < 4.78 is 0. The molecule has 1 aromatic heterocycles. The van der Waals surface area contributed by atoms with E-state index in [4.69, 9.17) is 11.6 Å². The smallest absolute Gasteiger partial charge is 0.114 e. The maximum Gasteiger partial charge on any atom is 0.114 e. The van der Waals surface area contributed by atoms with Crippen molar-refractivity contribution in [1.82, 2.24) is 0 Å². The van der Waals surface area contributed by atoms with Crippen LogP contribution < -0.4 is 0 Å². The Bertz CT molecular complexity index is 672. The summed E-state index contributed by atoms with van der Waals surface area (Å²) in [5.74, 6) is 0. The number of benzene rings is 2. The first-order valence-corrected chi connectivity index (χ1v) is 6.91. The molecule has 1 N–H and O–H groups in total. The van der Waals surface area contributed by atoms with Gasteiger partial charge in [0.15, 0.2) is 0 Å². The fourth-order valence-corrected chi connectivity index (χ4v) is 3.19. The molecule has 0 fully saturated rings. The van der Waals surface area contributed by atoms with Crippen LogP contribution in [0.4, 0.5) is 0 Å². The average molecular weight is 275 g/mol. The Kier molecular flexibility index (Phi) is 3.08. The highest BCUT2D eigenvalue weighted by Crippen LogP contribution is 2.34. The molecule has 3 aromatic rings. The highest BCUT2D eigenvalue weighted by atomic mass is 35.5. The summed E-state index contributed by atoms with van der Waals surface area (Å²) in [5, 5.41) is 15.5. The molecule has 0 bridgehead atoms. The molecule has 0 amide bonds. The number of fused-ring (bicyclic) bond motifs is 1. The van der Waals surface area contributed by atoms with Gasteiger partial charge in [0.2, 0.25) is 0 Å². The molecular formula is C15H11ClOS. The molecule has 0 saturated heterocycles. The second kappa shape index (κ2) is 4.73. The lowest BCUT2D eigenvalue weighted by molar-refractivity contribution is 0.225. The molecule has 0 aliphatic rings. The number of hydrogen-bond donors (Lipinski definition) is 1. The van der Waals surface area contributed by atoms with Crippen molar-refractivity contribution >= 4 is 33.7 Å². The van der Waals surface area contributed by atoms with Crippen LogP contribution >= 0.6 is 22.9 Å². The predicted octanol–water partition coefficient (Wildman–Crippen LogP) is 4.64. The van der Waals surface area contributed by atoms with E-state index in [0.717, 1.165) is 15.8 Å². The number of thiophene rings is 1. The molecule has 2 aromatic carbocycles. The first-order chi connectivity index (χ1) is 8.75. The summed E-state index contributed by atoms with van der Waals surface area (Å²) >= 11 is 7.44. The molecular weight excluding hydrogens is 264 g/mol. The molecule has 3 rings (SSSR count). The number of halogens is 1. The van der Waals surface area contributed by atoms with E-state index in [-0.39, 0.29) is 0 Å². The maximum atomic E-state index is 10.4. The molecule has 1 heterocycles. The fraction of sp³-hybridized carbons (Fsp3) is 0.0667. The maximum absolute atomic E-state index is 10.4. The van der Waals surface area contributed by atoms with Gasteiger partial charge in [-0.05, 0) is 33.8 Å². The third kappa shape index (κ3) is 2.03. The van der Waals surface area contributed by atoms with Gasteiger partial charge in [-0.3, -0.25) is 0 Å². The van der Waals surface area contributed by atoms with E-state index >= 15 is 0 Å². The molecule has 18 heavy (non-hydrogen) atoms. The minimum atomic E-state index is -0.591. The number of aliphatic hydroxyl groups excluding tert-OH is 1. The standard InChI is InChI=1S/C15H11ClOS/c16-12-7-5-10(6-8-12)14(17)15-13-4-2-1-3-11(13)9-18-15/h1-9,14,17H. The largest absolute Gasteiger partial charge is 0.383 e. The van der Waals surface area contributed by atoms with Crippen molar-refractivity contribution in [2.75, 3.05) is 0 Å². The molecule has 1 atom stereocenters. The zero-order chi connectivity index (χ0) is 12.5. The van der Waals surface area contributed by atoms with E-state index in [2.05, 4.69) is 11.4 Å². The van der Waals surface area contributed by atoms with Crippen molar-refractivity contribution in [3.05, 3.63) is 69.4 Å². The summed E-state index contributed by atoms with van der Waals surface area (Å²) in [5.41, 5.74) is 0.868. The topological polar surface area (TPSA) is 20.2 Å². The molecule has 0 aliphatic heterocycles. The Morgan fingerprint density at radius 2 is 1.72 bits per heavy atom. The lowest BCUT2D eigenvalue weighted by atomic mass is 10.0. The highest BCUT2D eigenvalue weighted by molar-refractivity contribution is 7.11. The van der Waals surface area contributed by atoms with E-state index in [9.17, 15) is 5.11 Å². The Morgan fingerprint density at radius 3 is 2.50 bits per heavy atom. The van der Waals surface area contributed by atoms with Gasteiger partial charge in [-0.1, -0.05) is 48.0 Å². The van der Waals surface area contributed by atoms with Crippen molar-refractivity contribution in [3.8, 4) is 0 Å². The first kappa shape index (κ1) is 11.7. The van der Waals surface area contributed by atoms with Gasteiger partial charge in [0, 0.05) is 9.90 Å². The van der Waals surface area contributed by atoms with Crippen LogP contribution in [0.15, 0.2) is 53.9 Å². The SMILES string of the molecule is OC(c1ccc(Cl)cc1)c1scc2ccccc12. The van der Waals surface area contributed by atoms with Gasteiger partial charge in [-0.25, -0.2) is 0 Å². The summed E-state index contributed by atoms with van der Waals surface area (Å²) in [4.78, 5) is 0.980. The zero-order valence-electron chi connectivity index (χ0n) is 9.51. The van der Waals surface area contributed by atoms with Crippen molar-refractivity contribution in [2.24, 2.45) is 0 Å². The second-order valence-electron chi connectivity index (χ2n) is 4.14. The molecule has 3 heteroatoms. The average Bonchev–Trinajstić information content (AvgIpc) is 2.82. The molecule has 0 aliphatic carbocycles. The normalized spacial score (nSPS) is 12.8. The van der Waals surface area contributed by atoms with Gasteiger partial charge >= 0.3 is 0 Å². The summed E-state index contributed by atoms with van der Waals surface area (Å²) in [6.07, 6.45) is -0.591. The second-order valence-corrected chi connectivity index (χ2v) is 5.49. The minimum Gasteiger partial charge on any atom is -0.383 e. The number of rotatable bonds is 2. The number of hydrogen-bond acceptors (Lipinski definition) is 2.